The van der Waals surface area contributed by atoms with Crippen molar-refractivity contribution in [2.45, 2.75) is 38.3 Å². The van der Waals surface area contributed by atoms with Gasteiger partial charge in [-0.1, -0.05) is 24.4 Å². The van der Waals surface area contributed by atoms with Gasteiger partial charge in [0.25, 0.3) is 5.56 Å². The average Bonchev–Trinajstić information content (AvgIpc) is 3.28. The van der Waals surface area contributed by atoms with Gasteiger partial charge in [0.2, 0.25) is 5.91 Å². The standard InChI is InChI=1S/C18H18ClN5O2/c19-12-5-7-14(8-6-12)24-17-15(9-21-24)18(26)23(11-20-17)10-16(25)22-13-3-1-2-4-13/h5-9,11,13H,1-4,10H2,(H,22,25). The molecule has 26 heavy (non-hydrogen) atoms. The molecule has 1 saturated carbocycles. The summed E-state index contributed by atoms with van der Waals surface area (Å²) in [5, 5.41) is 8.23. The molecule has 1 fully saturated rings. The number of amides is 1. The highest BCUT2D eigenvalue weighted by Gasteiger charge is 2.18. The molecule has 0 spiro atoms. The molecule has 1 aliphatic carbocycles. The van der Waals surface area contributed by atoms with Crippen LogP contribution in [-0.4, -0.2) is 31.3 Å². The molecule has 1 N–H and O–H groups in total. The van der Waals surface area contributed by atoms with Gasteiger partial charge >= 0.3 is 0 Å². The smallest absolute Gasteiger partial charge is 0.264 e. The topological polar surface area (TPSA) is 81.8 Å². The number of carbonyl (C=O) groups excluding carboxylic acids is 1. The third kappa shape index (κ3) is 3.22. The molecular formula is C18H18ClN5O2. The molecule has 2 aromatic heterocycles. The van der Waals surface area contributed by atoms with Crippen molar-refractivity contribution in [1.29, 1.82) is 0 Å². The van der Waals surface area contributed by atoms with Crippen molar-refractivity contribution in [1.82, 2.24) is 24.6 Å². The van der Waals surface area contributed by atoms with Crippen molar-refractivity contribution < 1.29 is 4.79 Å². The molecule has 0 atom stereocenters. The first kappa shape index (κ1) is 16.8. The maximum atomic E-state index is 12.7. The Labute approximate surface area is 154 Å². The first-order chi connectivity index (χ1) is 12.6. The number of benzene rings is 1. The van der Waals surface area contributed by atoms with Crippen molar-refractivity contribution in [2.75, 3.05) is 0 Å². The second-order valence-electron chi connectivity index (χ2n) is 6.50. The van der Waals surface area contributed by atoms with Crippen LogP contribution in [0.1, 0.15) is 25.7 Å². The predicted octanol–water partition coefficient (Wildman–Crippen LogP) is 2.29. The lowest BCUT2D eigenvalue weighted by Crippen LogP contribution is -2.37. The van der Waals surface area contributed by atoms with Gasteiger partial charge in [0.05, 0.1) is 11.9 Å². The van der Waals surface area contributed by atoms with Crippen LogP contribution < -0.4 is 10.9 Å². The van der Waals surface area contributed by atoms with Crippen LogP contribution in [0.2, 0.25) is 5.02 Å². The van der Waals surface area contributed by atoms with E-state index in [1.165, 1.54) is 17.1 Å². The zero-order valence-electron chi connectivity index (χ0n) is 14.1. The molecule has 1 aliphatic rings. The molecule has 1 aromatic carbocycles. The van der Waals surface area contributed by atoms with Crippen molar-refractivity contribution >= 4 is 28.5 Å². The monoisotopic (exact) mass is 371 g/mol. The van der Waals surface area contributed by atoms with Crippen LogP contribution in [-0.2, 0) is 11.3 Å². The molecule has 0 saturated heterocycles. The van der Waals surface area contributed by atoms with E-state index in [9.17, 15) is 9.59 Å². The normalized spacial score (nSPS) is 14.8. The van der Waals surface area contributed by atoms with Crippen LogP contribution >= 0.6 is 11.6 Å². The molecule has 134 valence electrons. The van der Waals surface area contributed by atoms with Gasteiger partial charge in [-0.2, -0.15) is 5.10 Å². The number of halogens is 1. The van der Waals surface area contributed by atoms with E-state index in [0.29, 0.717) is 16.1 Å². The highest BCUT2D eigenvalue weighted by molar-refractivity contribution is 6.30. The van der Waals surface area contributed by atoms with Gasteiger partial charge in [-0.15, -0.1) is 0 Å². The molecule has 1 amide bonds. The fourth-order valence-electron chi connectivity index (χ4n) is 3.33. The Morgan fingerprint density at radius 1 is 1.23 bits per heavy atom. The quantitative estimate of drug-likeness (QED) is 0.762. The summed E-state index contributed by atoms with van der Waals surface area (Å²) in [6, 6.07) is 7.33. The third-order valence-electron chi connectivity index (χ3n) is 4.66. The maximum Gasteiger partial charge on any atom is 0.264 e. The van der Waals surface area contributed by atoms with Gasteiger partial charge in [-0.05, 0) is 37.1 Å². The highest BCUT2D eigenvalue weighted by atomic mass is 35.5. The maximum absolute atomic E-state index is 12.7. The number of hydrogen-bond acceptors (Lipinski definition) is 4. The number of nitrogens with zero attached hydrogens (tertiary/aromatic N) is 4. The molecular weight excluding hydrogens is 354 g/mol. The number of nitrogens with one attached hydrogen (secondary N) is 1. The molecule has 4 rings (SSSR count). The van der Waals surface area contributed by atoms with Crippen LogP contribution in [0.3, 0.4) is 0 Å². The van der Waals surface area contributed by atoms with Gasteiger partial charge in [0, 0.05) is 11.1 Å². The Bertz CT molecular complexity index is 1000. The minimum Gasteiger partial charge on any atom is -0.352 e. The number of aromatic nitrogens is 4. The molecule has 2 heterocycles. The lowest BCUT2D eigenvalue weighted by atomic mass is 10.2. The lowest BCUT2D eigenvalue weighted by Gasteiger charge is -2.12. The zero-order valence-corrected chi connectivity index (χ0v) is 14.8. The molecule has 0 aliphatic heterocycles. The average molecular weight is 372 g/mol. The van der Waals surface area contributed by atoms with Gasteiger partial charge in [0.1, 0.15) is 18.3 Å². The van der Waals surface area contributed by atoms with E-state index < -0.39 is 0 Å². The first-order valence-corrected chi connectivity index (χ1v) is 8.98. The van der Waals surface area contributed by atoms with Crippen LogP contribution in [0.15, 0.2) is 41.6 Å². The largest absolute Gasteiger partial charge is 0.352 e. The molecule has 0 unspecified atom stereocenters. The van der Waals surface area contributed by atoms with E-state index >= 15 is 0 Å². The SMILES string of the molecule is O=C(Cn1cnc2c(cnn2-c2ccc(Cl)cc2)c1=O)NC1CCCC1. The van der Waals surface area contributed by atoms with E-state index in [0.717, 1.165) is 31.4 Å². The van der Waals surface area contributed by atoms with Gasteiger partial charge < -0.3 is 5.32 Å². The van der Waals surface area contributed by atoms with Crippen LogP contribution in [0, 0.1) is 0 Å². The molecule has 0 radical (unpaired) electrons. The first-order valence-electron chi connectivity index (χ1n) is 8.60. The summed E-state index contributed by atoms with van der Waals surface area (Å²) in [7, 11) is 0. The zero-order chi connectivity index (χ0) is 18.1. The summed E-state index contributed by atoms with van der Waals surface area (Å²) in [5.41, 5.74) is 0.926. The molecule has 0 bridgehead atoms. The third-order valence-corrected chi connectivity index (χ3v) is 4.91. The Balaban J connectivity index is 1.60. The fraction of sp³-hybridized carbons (Fsp3) is 0.333. The van der Waals surface area contributed by atoms with Crippen LogP contribution in [0.25, 0.3) is 16.7 Å². The van der Waals surface area contributed by atoms with Crippen molar-refractivity contribution in [3.05, 3.63) is 52.2 Å². The van der Waals surface area contributed by atoms with Gasteiger partial charge in [0.15, 0.2) is 5.65 Å². The molecule has 3 aromatic rings. The van der Waals surface area contributed by atoms with Gasteiger partial charge in [-0.3, -0.25) is 14.2 Å². The summed E-state index contributed by atoms with van der Waals surface area (Å²) in [6.45, 7) is -0.0373. The Morgan fingerprint density at radius 2 is 1.96 bits per heavy atom. The summed E-state index contributed by atoms with van der Waals surface area (Å²) in [6.07, 6.45) is 7.17. The van der Waals surface area contributed by atoms with Crippen molar-refractivity contribution in [2.24, 2.45) is 0 Å². The summed E-state index contributed by atoms with van der Waals surface area (Å²) in [4.78, 5) is 29.2. The number of hydrogen-bond donors (Lipinski definition) is 1. The van der Waals surface area contributed by atoms with E-state index in [1.54, 1.807) is 28.9 Å². The summed E-state index contributed by atoms with van der Waals surface area (Å²) >= 11 is 5.91. The second kappa shape index (κ2) is 6.92. The second-order valence-corrected chi connectivity index (χ2v) is 6.93. The minimum atomic E-state index is -0.281. The van der Waals surface area contributed by atoms with Crippen molar-refractivity contribution in [3.8, 4) is 5.69 Å². The summed E-state index contributed by atoms with van der Waals surface area (Å²) < 4.78 is 2.90. The van der Waals surface area contributed by atoms with E-state index in [4.69, 9.17) is 11.6 Å². The number of fused-ring (bicyclic) bond motifs is 1. The molecule has 8 heteroatoms. The predicted molar refractivity (Wildman–Crippen MR) is 98.5 cm³/mol. The highest BCUT2D eigenvalue weighted by Crippen LogP contribution is 2.18. The Morgan fingerprint density at radius 3 is 2.69 bits per heavy atom. The Kier molecular flexibility index (Phi) is 4.46. The minimum absolute atomic E-state index is 0.0373. The van der Waals surface area contributed by atoms with E-state index in [-0.39, 0.29) is 24.1 Å². The van der Waals surface area contributed by atoms with Crippen LogP contribution in [0.5, 0.6) is 0 Å². The number of carbonyl (C=O) groups is 1. The van der Waals surface area contributed by atoms with Crippen molar-refractivity contribution in [3.63, 3.8) is 0 Å². The fourth-order valence-corrected chi connectivity index (χ4v) is 3.46. The Hall–Kier alpha value is -2.67. The number of rotatable bonds is 4. The van der Waals surface area contributed by atoms with E-state index in [2.05, 4.69) is 15.4 Å². The lowest BCUT2D eigenvalue weighted by molar-refractivity contribution is -0.122. The van der Waals surface area contributed by atoms with Gasteiger partial charge in [-0.25, -0.2) is 9.67 Å². The van der Waals surface area contributed by atoms with Crippen LogP contribution in [0.4, 0.5) is 0 Å². The molecule has 7 nitrogen and oxygen atoms in total. The van der Waals surface area contributed by atoms with E-state index in [1.807, 2.05) is 0 Å². The summed E-state index contributed by atoms with van der Waals surface area (Å²) in [5.74, 6) is -0.162.